The number of fused-ring (bicyclic) bond motifs is 1. The van der Waals surface area contributed by atoms with E-state index in [2.05, 4.69) is 0 Å². The van der Waals surface area contributed by atoms with Gasteiger partial charge < -0.3 is 19.3 Å². The van der Waals surface area contributed by atoms with Gasteiger partial charge in [0.2, 0.25) is 0 Å². The van der Waals surface area contributed by atoms with Crippen molar-refractivity contribution in [3.63, 3.8) is 0 Å². The van der Waals surface area contributed by atoms with Gasteiger partial charge in [-0.25, -0.2) is 4.79 Å². The molecule has 0 amide bonds. The highest BCUT2D eigenvalue weighted by atomic mass is 16.8. The maximum absolute atomic E-state index is 11.2. The number of hydrogen-bond acceptors (Lipinski definition) is 5. The van der Waals surface area contributed by atoms with E-state index in [-0.39, 0.29) is 6.61 Å². The molecule has 2 rings (SSSR count). The molecule has 0 unspecified atom stereocenters. The lowest BCUT2D eigenvalue weighted by Crippen LogP contribution is -2.31. The maximum Gasteiger partial charge on any atom is 0.338 e. The van der Waals surface area contributed by atoms with E-state index in [9.17, 15) is 4.79 Å². The van der Waals surface area contributed by atoms with E-state index in [4.69, 9.17) is 19.3 Å². The number of esters is 1. The van der Waals surface area contributed by atoms with Crippen molar-refractivity contribution in [1.82, 2.24) is 0 Å². The third-order valence-electron chi connectivity index (χ3n) is 2.18. The van der Waals surface area contributed by atoms with Gasteiger partial charge in [-0.05, 0) is 13.8 Å². The molecule has 5 heteroatoms. The molecule has 2 aliphatic rings. The first kappa shape index (κ1) is 8.93. The second-order valence-corrected chi connectivity index (χ2v) is 3.68. The minimum atomic E-state index is -0.762. The monoisotopic (exact) mass is 188 g/mol. The normalized spacial score (nSPS) is 41.8. The van der Waals surface area contributed by atoms with Crippen LogP contribution in [-0.2, 0) is 19.0 Å². The Morgan fingerprint density at radius 3 is 2.77 bits per heavy atom. The zero-order valence-corrected chi connectivity index (χ0v) is 7.52. The third-order valence-corrected chi connectivity index (χ3v) is 2.18. The van der Waals surface area contributed by atoms with Crippen LogP contribution in [0.15, 0.2) is 0 Å². The fourth-order valence-electron chi connectivity index (χ4n) is 1.67. The molecular formula is C8H12O5. The van der Waals surface area contributed by atoms with E-state index in [0.717, 1.165) is 0 Å². The lowest BCUT2D eigenvalue weighted by atomic mass is 10.1. The highest BCUT2D eigenvalue weighted by molar-refractivity contribution is 5.78. The Morgan fingerprint density at radius 2 is 2.15 bits per heavy atom. The van der Waals surface area contributed by atoms with Gasteiger partial charge in [-0.3, -0.25) is 0 Å². The van der Waals surface area contributed by atoms with Crippen molar-refractivity contribution in [3.8, 4) is 0 Å². The van der Waals surface area contributed by atoms with Crippen LogP contribution in [0, 0.1) is 0 Å². The maximum atomic E-state index is 11.2. The van der Waals surface area contributed by atoms with Crippen LogP contribution in [0.5, 0.6) is 0 Å². The second kappa shape index (κ2) is 2.67. The van der Waals surface area contributed by atoms with Crippen LogP contribution >= 0.6 is 0 Å². The van der Waals surface area contributed by atoms with E-state index in [0.29, 0.717) is 0 Å². The predicted molar refractivity (Wildman–Crippen MR) is 40.8 cm³/mol. The molecular weight excluding hydrogens is 176 g/mol. The van der Waals surface area contributed by atoms with Crippen molar-refractivity contribution >= 4 is 5.97 Å². The van der Waals surface area contributed by atoms with Gasteiger partial charge in [-0.2, -0.15) is 0 Å². The van der Waals surface area contributed by atoms with Crippen molar-refractivity contribution in [1.29, 1.82) is 0 Å². The summed E-state index contributed by atoms with van der Waals surface area (Å²) >= 11 is 0. The lowest BCUT2D eigenvalue weighted by molar-refractivity contribution is -0.188. The highest BCUT2D eigenvalue weighted by Crippen LogP contribution is 2.35. The summed E-state index contributed by atoms with van der Waals surface area (Å²) in [6.07, 6.45) is -1.72. The Bertz CT molecular complexity index is 237. The van der Waals surface area contributed by atoms with Crippen molar-refractivity contribution in [3.05, 3.63) is 0 Å². The van der Waals surface area contributed by atoms with Crippen molar-refractivity contribution in [2.75, 3.05) is 6.61 Å². The zero-order valence-electron chi connectivity index (χ0n) is 7.52. The summed E-state index contributed by atoms with van der Waals surface area (Å²) in [7, 11) is 0. The molecule has 0 bridgehead atoms. The van der Waals surface area contributed by atoms with E-state index in [1.807, 2.05) is 0 Å². The van der Waals surface area contributed by atoms with Gasteiger partial charge in [0.15, 0.2) is 18.0 Å². The van der Waals surface area contributed by atoms with Gasteiger partial charge in [-0.1, -0.05) is 0 Å². The largest absolute Gasteiger partial charge is 0.455 e. The molecule has 0 saturated carbocycles. The molecule has 0 aromatic heterocycles. The van der Waals surface area contributed by atoms with Gasteiger partial charge in [0.25, 0.3) is 0 Å². The molecule has 0 aliphatic carbocycles. The van der Waals surface area contributed by atoms with Crippen molar-refractivity contribution < 1.29 is 24.1 Å². The molecule has 74 valence electrons. The summed E-state index contributed by atoms with van der Waals surface area (Å²) in [5, 5.41) is 8.89. The second-order valence-electron chi connectivity index (χ2n) is 3.68. The van der Waals surface area contributed by atoms with Crippen LogP contribution < -0.4 is 0 Å². The van der Waals surface area contributed by atoms with Gasteiger partial charge in [0.1, 0.15) is 6.10 Å². The molecule has 0 aromatic rings. The Hall–Kier alpha value is -0.650. The Kier molecular flexibility index (Phi) is 1.83. The number of carbonyl (C=O) groups excluding carboxylic acids is 1. The lowest BCUT2D eigenvalue weighted by Gasteiger charge is -2.20. The summed E-state index contributed by atoms with van der Waals surface area (Å²) in [6.45, 7) is 3.23. The van der Waals surface area contributed by atoms with E-state index in [1.54, 1.807) is 13.8 Å². The molecule has 3 atom stereocenters. The number of cyclic esters (lactones) is 1. The summed E-state index contributed by atoms with van der Waals surface area (Å²) < 4.78 is 15.6. The fourth-order valence-corrected chi connectivity index (χ4v) is 1.67. The molecule has 5 nitrogen and oxygen atoms in total. The summed E-state index contributed by atoms with van der Waals surface area (Å²) in [4.78, 5) is 11.2. The first-order chi connectivity index (χ1) is 6.03. The zero-order chi connectivity index (χ0) is 9.64. The van der Waals surface area contributed by atoms with Crippen LogP contribution in [0.2, 0.25) is 0 Å². The summed E-state index contributed by atoms with van der Waals surface area (Å²) in [5.41, 5.74) is 0. The predicted octanol–water partition coefficient (Wildman–Crippen LogP) is -0.576. The van der Waals surface area contributed by atoms with Crippen LogP contribution in [0.3, 0.4) is 0 Å². The van der Waals surface area contributed by atoms with Crippen LogP contribution in [-0.4, -0.2) is 41.8 Å². The van der Waals surface area contributed by atoms with E-state index >= 15 is 0 Å². The number of rotatable bonds is 1. The summed E-state index contributed by atoms with van der Waals surface area (Å²) in [5.74, 6) is -1.21. The minimum absolute atomic E-state index is 0.230. The molecule has 2 fully saturated rings. The van der Waals surface area contributed by atoms with Crippen LogP contribution in [0.4, 0.5) is 0 Å². The average Bonchev–Trinajstić information content (AvgIpc) is 2.47. The number of aliphatic hydroxyl groups is 1. The Labute approximate surface area is 75.6 Å². The van der Waals surface area contributed by atoms with Gasteiger partial charge in [0.05, 0.1) is 6.61 Å². The standard InChI is InChI=1S/C8H12O5/c1-8(2)12-5-4(3-9)11-7(10)6(5)13-8/h4-6,9H,3H2,1-2H3/t4-,5-,6+/m0/s1. The van der Waals surface area contributed by atoms with Crippen molar-refractivity contribution in [2.45, 2.75) is 37.9 Å². The number of hydrogen-bond donors (Lipinski definition) is 1. The summed E-state index contributed by atoms with van der Waals surface area (Å²) in [6, 6.07) is 0. The Morgan fingerprint density at radius 1 is 1.46 bits per heavy atom. The number of aliphatic hydroxyl groups excluding tert-OH is 1. The van der Waals surface area contributed by atoms with Crippen molar-refractivity contribution in [2.24, 2.45) is 0 Å². The average molecular weight is 188 g/mol. The Balaban J connectivity index is 2.17. The minimum Gasteiger partial charge on any atom is -0.455 e. The molecule has 0 spiro atoms. The quantitative estimate of drug-likeness (QED) is 0.558. The van der Waals surface area contributed by atoms with E-state index in [1.165, 1.54) is 0 Å². The molecule has 1 N–H and O–H groups in total. The van der Waals surface area contributed by atoms with Gasteiger partial charge in [-0.15, -0.1) is 0 Å². The van der Waals surface area contributed by atoms with Crippen LogP contribution in [0.25, 0.3) is 0 Å². The molecule has 2 heterocycles. The molecule has 13 heavy (non-hydrogen) atoms. The first-order valence-electron chi connectivity index (χ1n) is 4.20. The third kappa shape index (κ3) is 1.33. The topological polar surface area (TPSA) is 65.0 Å². The highest BCUT2D eigenvalue weighted by Gasteiger charge is 2.55. The smallest absolute Gasteiger partial charge is 0.338 e. The fraction of sp³-hybridized carbons (Fsp3) is 0.875. The molecule has 2 aliphatic heterocycles. The van der Waals surface area contributed by atoms with E-state index < -0.39 is 30.1 Å². The van der Waals surface area contributed by atoms with Gasteiger partial charge >= 0.3 is 5.97 Å². The van der Waals surface area contributed by atoms with Crippen LogP contribution in [0.1, 0.15) is 13.8 Å². The van der Waals surface area contributed by atoms with Gasteiger partial charge in [0, 0.05) is 0 Å². The number of ether oxygens (including phenoxy) is 3. The molecule has 0 radical (unpaired) electrons. The first-order valence-corrected chi connectivity index (χ1v) is 4.20. The molecule has 2 saturated heterocycles. The molecule has 0 aromatic carbocycles. The SMILES string of the molecule is CC1(C)O[C@H]2[C@H](CO)OC(=O)[C@@H]2O1. The number of carbonyl (C=O) groups is 1.